The summed E-state index contributed by atoms with van der Waals surface area (Å²) < 4.78 is 0. The Balaban J connectivity index is 2.62. The van der Waals surface area contributed by atoms with Gasteiger partial charge in [-0.05, 0) is 16.7 Å². The molecule has 0 spiro atoms. The van der Waals surface area contributed by atoms with Gasteiger partial charge in [-0.2, -0.15) is 0 Å². The normalized spacial score (nSPS) is 31.5. The van der Waals surface area contributed by atoms with Gasteiger partial charge in [-0.1, -0.05) is 41.5 Å². The first-order valence-electron chi connectivity index (χ1n) is 4.96. The molecule has 1 nitrogen and oxygen atoms in total. The first kappa shape index (κ1) is 10.0. The molecule has 0 aromatic rings. The molecule has 0 amide bonds. The van der Waals surface area contributed by atoms with Crippen LogP contribution in [0.5, 0.6) is 0 Å². The summed E-state index contributed by atoms with van der Waals surface area (Å²) in [5, 5.41) is 3.54. The molecule has 0 aromatic heterocycles. The Morgan fingerprint density at radius 3 is 1.50 bits per heavy atom. The lowest BCUT2D eigenvalue weighted by atomic mass is 9.64. The fourth-order valence-electron chi connectivity index (χ4n) is 2.07. The van der Waals surface area contributed by atoms with E-state index in [1.54, 1.807) is 0 Å². The van der Waals surface area contributed by atoms with Crippen LogP contribution in [0.3, 0.4) is 0 Å². The van der Waals surface area contributed by atoms with Crippen molar-refractivity contribution in [2.75, 3.05) is 6.54 Å². The van der Waals surface area contributed by atoms with Crippen molar-refractivity contribution in [3.63, 3.8) is 0 Å². The van der Waals surface area contributed by atoms with Crippen LogP contribution in [0.1, 0.15) is 41.5 Å². The molecule has 0 aromatic carbocycles. The molecule has 0 aliphatic carbocycles. The van der Waals surface area contributed by atoms with E-state index in [0.29, 0.717) is 16.9 Å². The van der Waals surface area contributed by atoms with Crippen molar-refractivity contribution in [1.29, 1.82) is 0 Å². The zero-order chi connectivity index (χ0) is 9.57. The molecule has 1 aliphatic rings. The van der Waals surface area contributed by atoms with Crippen LogP contribution in [0.2, 0.25) is 0 Å². The van der Waals surface area contributed by atoms with Gasteiger partial charge < -0.3 is 5.32 Å². The smallest absolute Gasteiger partial charge is 0.0161 e. The zero-order valence-corrected chi connectivity index (χ0v) is 9.36. The summed E-state index contributed by atoms with van der Waals surface area (Å²) in [7, 11) is 0. The summed E-state index contributed by atoms with van der Waals surface area (Å²) in [6.45, 7) is 15.2. The maximum absolute atomic E-state index is 3.54. The van der Waals surface area contributed by atoms with E-state index in [-0.39, 0.29) is 0 Å². The Morgan fingerprint density at radius 2 is 1.42 bits per heavy atom. The predicted octanol–water partition coefficient (Wildman–Crippen LogP) is 2.67. The van der Waals surface area contributed by atoms with Gasteiger partial charge in [0.25, 0.3) is 0 Å². The van der Waals surface area contributed by atoms with E-state index in [9.17, 15) is 0 Å². The minimum atomic E-state index is 0.413. The lowest BCUT2D eigenvalue weighted by molar-refractivity contribution is 0.0308. The van der Waals surface area contributed by atoms with Crippen LogP contribution in [0.25, 0.3) is 0 Å². The Kier molecular flexibility index (Phi) is 2.28. The Labute approximate surface area is 76.9 Å². The topological polar surface area (TPSA) is 12.0 Å². The third-order valence-corrected chi connectivity index (χ3v) is 3.01. The molecule has 1 heteroatoms. The third-order valence-electron chi connectivity index (χ3n) is 3.01. The van der Waals surface area contributed by atoms with Crippen molar-refractivity contribution in [3.8, 4) is 0 Å². The van der Waals surface area contributed by atoms with Crippen molar-refractivity contribution >= 4 is 0 Å². The van der Waals surface area contributed by atoms with Gasteiger partial charge in [-0.25, -0.2) is 0 Å². The highest BCUT2D eigenvalue weighted by Gasteiger charge is 2.44. The van der Waals surface area contributed by atoms with E-state index >= 15 is 0 Å². The number of hydrogen-bond acceptors (Lipinski definition) is 1. The molecule has 0 bridgehead atoms. The second-order valence-corrected chi connectivity index (χ2v) is 6.22. The van der Waals surface area contributed by atoms with Gasteiger partial charge in [-0.3, -0.25) is 0 Å². The molecule has 1 N–H and O–H groups in total. The minimum absolute atomic E-state index is 0.413. The molecule has 72 valence electrons. The van der Waals surface area contributed by atoms with Gasteiger partial charge in [0, 0.05) is 12.6 Å². The quantitative estimate of drug-likeness (QED) is 0.588. The second-order valence-electron chi connectivity index (χ2n) is 6.22. The number of hydrogen-bond donors (Lipinski definition) is 1. The summed E-state index contributed by atoms with van der Waals surface area (Å²) in [5.41, 5.74) is 0.874. The molecular formula is C11H23N. The van der Waals surface area contributed by atoms with E-state index in [0.717, 1.165) is 5.92 Å². The molecule has 1 heterocycles. The molecule has 1 fully saturated rings. The predicted molar refractivity (Wildman–Crippen MR) is 54.2 cm³/mol. The summed E-state index contributed by atoms with van der Waals surface area (Å²) in [4.78, 5) is 0. The van der Waals surface area contributed by atoms with Crippen molar-refractivity contribution in [2.24, 2.45) is 16.7 Å². The molecule has 1 aliphatic heterocycles. The average molecular weight is 169 g/mol. The van der Waals surface area contributed by atoms with E-state index in [4.69, 9.17) is 0 Å². The van der Waals surface area contributed by atoms with Crippen LogP contribution in [-0.4, -0.2) is 12.6 Å². The summed E-state index contributed by atoms with van der Waals surface area (Å²) in [6, 6.07) is 0.706. The lowest BCUT2D eigenvalue weighted by Gasteiger charge is -2.52. The van der Waals surface area contributed by atoms with Crippen LogP contribution >= 0.6 is 0 Å². The number of rotatable bonds is 0. The maximum Gasteiger partial charge on any atom is 0.0161 e. The molecular weight excluding hydrogens is 146 g/mol. The fraction of sp³-hybridized carbons (Fsp3) is 1.00. The van der Waals surface area contributed by atoms with E-state index in [1.807, 2.05) is 0 Å². The monoisotopic (exact) mass is 169 g/mol. The average Bonchev–Trinajstić information content (AvgIpc) is 1.46. The maximum atomic E-state index is 3.54. The van der Waals surface area contributed by atoms with Gasteiger partial charge in [0.2, 0.25) is 0 Å². The number of nitrogens with one attached hydrogen (secondary N) is 1. The molecule has 0 saturated carbocycles. The standard InChI is InChI=1S/C11H23N/c1-10(2,3)8-7-12-9(8)11(4,5)6/h8-9,12H,7H2,1-6H3. The van der Waals surface area contributed by atoms with E-state index in [2.05, 4.69) is 46.9 Å². The van der Waals surface area contributed by atoms with E-state index < -0.39 is 0 Å². The van der Waals surface area contributed by atoms with Crippen molar-refractivity contribution in [2.45, 2.75) is 47.6 Å². The zero-order valence-electron chi connectivity index (χ0n) is 9.36. The first-order valence-corrected chi connectivity index (χ1v) is 4.96. The largest absolute Gasteiger partial charge is 0.313 e. The van der Waals surface area contributed by atoms with Crippen molar-refractivity contribution in [1.82, 2.24) is 5.32 Å². The molecule has 12 heavy (non-hydrogen) atoms. The van der Waals surface area contributed by atoms with Gasteiger partial charge >= 0.3 is 0 Å². The second kappa shape index (κ2) is 2.73. The Hall–Kier alpha value is -0.0400. The molecule has 2 atom stereocenters. The van der Waals surface area contributed by atoms with Crippen LogP contribution in [0.15, 0.2) is 0 Å². The fourth-order valence-corrected chi connectivity index (χ4v) is 2.07. The van der Waals surface area contributed by atoms with Crippen molar-refractivity contribution < 1.29 is 0 Å². The lowest BCUT2D eigenvalue weighted by Crippen LogP contribution is -2.63. The first-order chi connectivity index (χ1) is 5.23. The van der Waals surface area contributed by atoms with Crippen molar-refractivity contribution in [3.05, 3.63) is 0 Å². The molecule has 0 radical (unpaired) electrons. The third kappa shape index (κ3) is 1.82. The highest BCUT2D eigenvalue weighted by molar-refractivity contribution is 5.00. The molecule has 1 rings (SSSR count). The minimum Gasteiger partial charge on any atom is -0.313 e. The summed E-state index contributed by atoms with van der Waals surface area (Å²) >= 11 is 0. The van der Waals surface area contributed by atoms with Gasteiger partial charge in [-0.15, -0.1) is 0 Å². The summed E-state index contributed by atoms with van der Waals surface area (Å²) in [6.07, 6.45) is 0. The summed E-state index contributed by atoms with van der Waals surface area (Å²) in [5.74, 6) is 0.845. The Bertz CT molecular complexity index is 139. The van der Waals surface area contributed by atoms with Crippen LogP contribution in [-0.2, 0) is 0 Å². The van der Waals surface area contributed by atoms with Gasteiger partial charge in [0.05, 0.1) is 0 Å². The van der Waals surface area contributed by atoms with Crippen LogP contribution in [0, 0.1) is 16.7 Å². The highest BCUT2D eigenvalue weighted by atomic mass is 15.0. The van der Waals surface area contributed by atoms with Gasteiger partial charge in [0.1, 0.15) is 0 Å². The SMILES string of the molecule is CC(C)(C)C1CNC1C(C)(C)C. The van der Waals surface area contributed by atoms with Crippen LogP contribution in [0.4, 0.5) is 0 Å². The highest BCUT2D eigenvalue weighted by Crippen LogP contribution is 2.40. The Morgan fingerprint density at radius 1 is 0.917 bits per heavy atom. The van der Waals surface area contributed by atoms with E-state index in [1.165, 1.54) is 6.54 Å². The molecule has 2 unspecified atom stereocenters. The van der Waals surface area contributed by atoms with Gasteiger partial charge in [0.15, 0.2) is 0 Å². The molecule has 1 saturated heterocycles. The van der Waals surface area contributed by atoms with Crippen LogP contribution < -0.4 is 5.32 Å².